The van der Waals surface area contributed by atoms with Crippen LogP contribution in [0.25, 0.3) is 22.2 Å². The zero-order valence-corrected chi connectivity index (χ0v) is 11.3. The van der Waals surface area contributed by atoms with Gasteiger partial charge in [0.15, 0.2) is 5.58 Å². The molecule has 0 fully saturated rings. The lowest BCUT2D eigenvalue weighted by Gasteiger charge is -2.06. The van der Waals surface area contributed by atoms with Gasteiger partial charge in [0.2, 0.25) is 0 Å². The Labute approximate surface area is 119 Å². The molecule has 6 heteroatoms. The first-order chi connectivity index (χ1) is 10.1. The zero-order valence-electron chi connectivity index (χ0n) is 11.3. The van der Waals surface area contributed by atoms with E-state index in [1.807, 2.05) is 6.92 Å². The largest absolute Gasteiger partial charge is 0.419 e. The highest BCUT2D eigenvalue weighted by molar-refractivity contribution is 5.81. The van der Waals surface area contributed by atoms with Gasteiger partial charge in [0.25, 0.3) is 0 Å². The van der Waals surface area contributed by atoms with E-state index >= 15 is 0 Å². The van der Waals surface area contributed by atoms with Crippen LogP contribution in [0.4, 0.5) is 4.39 Å². The molecule has 0 saturated heterocycles. The number of aromatic nitrogens is 2. The number of rotatable bonds is 3. The highest BCUT2D eigenvalue weighted by Crippen LogP contribution is 2.27. The summed E-state index contributed by atoms with van der Waals surface area (Å²) in [7, 11) is 0. The molecule has 21 heavy (non-hydrogen) atoms. The van der Waals surface area contributed by atoms with Crippen molar-refractivity contribution in [3.8, 4) is 11.1 Å². The third kappa shape index (κ3) is 2.23. The van der Waals surface area contributed by atoms with Crippen LogP contribution in [0.1, 0.15) is 12.5 Å². The van der Waals surface area contributed by atoms with Crippen LogP contribution >= 0.6 is 0 Å². The monoisotopic (exact) mass is 288 g/mol. The normalized spacial score (nSPS) is 11.2. The Bertz CT molecular complexity index is 867. The van der Waals surface area contributed by atoms with Gasteiger partial charge in [0.1, 0.15) is 5.82 Å². The number of pyridine rings is 1. The van der Waals surface area contributed by atoms with Crippen LogP contribution in [0.5, 0.6) is 0 Å². The van der Waals surface area contributed by atoms with Crippen LogP contribution in [0.15, 0.2) is 39.8 Å². The summed E-state index contributed by atoms with van der Waals surface area (Å²) in [6.45, 7) is 2.08. The number of nitrogens with zero attached hydrogens (tertiary/aromatic N) is 2. The zero-order chi connectivity index (χ0) is 15.0. The summed E-state index contributed by atoms with van der Waals surface area (Å²) in [6, 6.07) is 4.42. The molecule has 0 unspecified atom stereocenters. The second-order valence-electron chi connectivity index (χ2n) is 4.65. The first-order valence-corrected chi connectivity index (χ1v) is 6.52. The minimum atomic E-state index is -0.508. The van der Waals surface area contributed by atoms with Crippen molar-refractivity contribution in [1.82, 2.24) is 9.55 Å². The molecule has 1 N–H and O–H groups in total. The molecule has 2 heterocycles. The Morgan fingerprint density at radius 3 is 2.86 bits per heavy atom. The summed E-state index contributed by atoms with van der Waals surface area (Å²) >= 11 is 0. The minimum absolute atomic E-state index is 0.171. The average molecular weight is 288 g/mol. The van der Waals surface area contributed by atoms with Gasteiger partial charge in [-0.05, 0) is 24.6 Å². The van der Waals surface area contributed by atoms with Crippen molar-refractivity contribution in [2.24, 2.45) is 0 Å². The number of hydrogen-bond acceptors (Lipinski definition) is 4. The molecule has 0 amide bonds. The van der Waals surface area contributed by atoms with Gasteiger partial charge in [-0.1, -0.05) is 0 Å². The van der Waals surface area contributed by atoms with Crippen LogP contribution in [-0.4, -0.2) is 14.7 Å². The number of aryl methyl sites for hydroxylation is 1. The van der Waals surface area contributed by atoms with Crippen molar-refractivity contribution in [3.63, 3.8) is 0 Å². The van der Waals surface area contributed by atoms with Gasteiger partial charge >= 0.3 is 5.76 Å². The average Bonchev–Trinajstić information content (AvgIpc) is 2.80. The maximum Gasteiger partial charge on any atom is 0.419 e. The fourth-order valence-corrected chi connectivity index (χ4v) is 2.33. The van der Waals surface area contributed by atoms with Gasteiger partial charge in [-0.25, -0.2) is 9.18 Å². The molecule has 0 radical (unpaired) electrons. The van der Waals surface area contributed by atoms with E-state index in [1.54, 1.807) is 12.1 Å². The summed E-state index contributed by atoms with van der Waals surface area (Å²) in [5.74, 6) is -1.01. The molecule has 2 aromatic heterocycles. The number of aliphatic hydroxyl groups excluding tert-OH is 1. The topological polar surface area (TPSA) is 68.3 Å². The van der Waals surface area contributed by atoms with Gasteiger partial charge in [-0.2, -0.15) is 0 Å². The second kappa shape index (κ2) is 5.14. The maximum atomic E-state index is 14.2. The van der Waals surface area contributed by atoms with E-state index in [2.05, 4.69) is 4.98 Å². The number of hydrogen-bond donors (Lipinski definition) is 1. The van der Waals surface area contributed by atoms with Gasteiger partial charge in [-0.3, -0.25) is 9.55 Å². The summed E-state index contributed by atoms with van der Waals surface area (Å²) in [5.41, 5.74) is 2.19. The van der Waals surface area contributed by atoms with Crippen LogP contribution in [0.3, 0.4) is 0 Å². The fraction of sp³-hybridized carbons (Fsp3) is 0.200. The predicted octanol–water partition coefficient (Wildman–Crippen LogP) is 2.31. The molecule has 0 spiro atoms. The summed E-state index contributed by atoms with van der Waals surface area (Å²) in [4.78, 5) is 15.6. The molecule has 0 atom stereocenters. The van der Waals surface area contributed by atoms with Crippen LogP contribution < -0.4 is 5.76 Å². The highest BCUT2D eigenvalue weighted by Gasteiger charge is 2.14. The minimum Gasteiger partial charge on any atom is -0.408 e. The summed E-state index contributed by atoms with van der Waals surface area (Å²) in [6.07, 6.45) is 3.03. The molecule has 0 bridgehead atoms. The molecule has 3 aromatic rings. The predicted molar refractivity (Wildman–Crippen MR) is 75.3 cm³/mol. The second-order valence-corrected chi connectivity index (χ2v) is 4.65. The van der Waals surface area contributed by atoms with E-state index in [-0.39, 0.29) is 12.2 Å². The lowest BCUT2D eigenvalue weighted by molar-refractivity contribution is 0.281. The Balaban J connectivity index is 2.26. The number of halogens is 1. The Morgan fingerprint density at radius 2 is 2.14 bits per heavy atom. The summed E-state index contributed by atoms with van der Waals surface area (Å²) < 4.78 is 20.7. The number of benzene rings is 1. The molecule has 0 saturated carbocycles. The third-order valence-corrected chi connectivity index (χ3v) is 3.36. The van der Waals surface area contributed by atoms with E-state index in [0.29, 0.717) is 28.8 Å². The van der Waals surface area contributed by atoms with Crippen LogP contribution in [0, 0.1) is 5.82 Å². The molecule has 1 aromatic carbocycles. The molecule has 108 valence electrons. The van der Waals surface area contributed by atoms with Crippen molar-refractivity contribution >= 4 is 11.1 Å². The first kappa shape index (κ1) is 13.5. The van der Waals surface area contributed by atoms with Gasteiger partial charge in [0.05, 0.1) is 12.1 Å². The number of fused-ring (bicyclic) bond motifs is 1. The van der Waals surface area contributed by atoms with Crippen molar-refractivity contribution in [3.05, 3.63) is 52.5 Å². The Hall–Kier alpha value is -2.47. The number of aliphatic hydroxyl groups is 1. The van der Waals surface area contributed by atoms with Gasteiger partial charge in [-0.15, -0.1) is 0 Å². The molecule has 3 rings (SSSR count). The van der Waals surface area contributed by atoms with Gasteiger partial charge < -0.3 is 9.52 Å². The lowest BCUT2D eigenvalue weighted by atomic mass is 10.0. The molecule has 0 aliphatic rings. The standard InChI is InChI=1S/C15H13FN2O3/c1-2-18-13-4-11(10-3-9(8-19)6-17-7-10)12(16)5-14(13)21-15(18)20/h3-7,19H,2,8H2,1H3. The van der Waals surface area contributed by atoms with Crippen LogP contribution in [0.2, 0.25) is 0 Å². The van der Waals surface area contributed by atoms with Crippen molar-refractivity contribution in [1.29, 1.82) is 0 Å². The third-order valence-electron chi connectivity index (χ3n) is 3.36. The summed E-state index contributed by atoms with van der Waals surface area (Å²) in [5, 5.41) is 9.14. The van der Waals surface area contributed by atoms with Crippen molar-refractivity contribution in [2.45, 2.75) is 20.1 Å². The van der Waals surface area contributed by atoms with E-state index in [9.17, 15) is 9.18 Å². The molecule has 5 nitrogen and oxygen atoms in total. The molecule has 0 aliphatic carbocycles. The highest BCUT2D eigenvalue weighted by atomic mass is 19.1. The molecular formula is C15H13FN2O3. The SMILES string of the molecule is CCn1c(=O)oc2cc(F)c(-c3cncc(CO)c3)cc21. The van der Waals surface area contributed by atoms with E-state index in [4.69, 9.17) is 9.52 Å². The Morgan fingerprint density at radius 1 is 1.33 bits per heavy atom. The van der Waals surface area contributed by atoms with Crippen LogP contribution in [-0.2, 0) is 13.2 Å². The van der Waals surface area contributed by atoms with E-state index in [0.717, 1.165) is 0 Å². The van der Waals surface area contributed by atoms with E-state index < -0.39 is 11.6 Å². The smallest absolute Gasteiger partial charge is 0.408 e. The lowest BCUT2D eigenvalue weighted by Crippen LogP contribution is -2.12. The first-order valence-electron chi connectivity index (χ1n) is 6.52. The van der Waals surface area contributed by atoms with Gasteiger partial charge in [0, 0.05) is 36.1 Å². The molecule has 0 aliphatic heterocycles. The quantitative estimate of drug-likeness (QED) is 0.803. The van der Waals surface area contributed by atoms with Crippen molar-refractivity contribution < 1.29 is 13.9 Å². The fourth-order valence-electron chi connectivity index (χ4n) is 2.33. The molecular weight excluding hydrogens is 275 g/mol. The Kier molecular flexibility index (Phi) is 3.31. The maximum absolute atomic E-state index is 14.2. The van der Waals surface area contributed by atoms with Crippen molar-refractivity contribution in [2.75, 3.05) is 0 Å². The number of oxazole rings is 1. The van der Waals surface area contributed by atoms with E-state index in [1.165, 1.54) is 23.0 Å².